The Morgan fingerprint density at radius 3 is 2.31 bits per heavy atom. The van der Waals surface area contributed by atoms with E-state index < -0.39 is 62.3 Å². The quantitative estimate of drug-likeness (QED) is 0.456. The van der Waals surface area contributed by atoms with Crippen LogP contribution in [0.2, 0.25) is 5.02 Å². The molecule has 0 saturated heterocycles. The summed E-state index contributed by atoms with van der Waals surface area (Å²) in [6, 6.07) is 6.55. The molecular weight excluding hydrogens is 504 g/mol. The van der Waals surface area contributed by atoms with Crippen molar-refractivity contribution in [1.82, 2.24) is 0 Å². The predicted octanol–water partition coefficient (Wildman–Crippen LogP) is 3.16. The zero-order valence-electron chi connectivity index (χ0n) is 19.0. The summed E-state index contributed by atoms with van der Waals surface area (Å²) in [5.74, 6) is -4.07. The number of benzene rings is 2. The maximum absolute atomic E-state index is 13.5. The predicted molar refractivity (Wildman–Crippen MR) is 125 cm³/mol. The molecule has 3 aliphatic rings. The first-order valence-electron chi connectivity index (χ1n) is 11.2. The fourth-order valence-electron chi connectivity index (χ4n) is 5.65. The number of aliphatic hydroxyl groups is 3. The minimum absolute atomic E-state index is 0.00873. The molecule has 7 nitrogen and oxygen atoms in total. The lowest BCUT2D eigenvalue weighted by Gasteiger charge is -2.64. The van der Waals surface area contributed by atoms with Gasteiger partial charge < -0.3 is 20.6 Å². The van der Waals surface area contributed by atoms with Crippen LogP contribution in [0.15, 0.2) is 41.3 Å². The molecule has 3 fully saturated rings. The number of amides is 1. The highest BCUT2D eigenvalue weighted by Gasteiger charge is 2.67. The van der Waals surface area contributed by atoms with Crippen LogP contribution in [0.5, 0.6) is 0 Å². The van der Waals surface area contributed by atoms with E-state index in [9.17, 15) is 37.3 Å². The smallest absolute Gasteiger partial charge is 0.255 e. The number of hydrogen-bond acceptors (Lipinski definition) is 6. The average Bonchev–Trinajstić information content (AvgIpc) is 2.81. The number of carbonyl (C=O) groups excluding carboxylic acids is 1. The van der Waals surface area contributed by atoms with E-state index >= 15 is 0 Å². The molecule has 35 heavy (non-hydrogen) atoms. The number of hydrogen-bond donors (Lipinski definition) is 4. The van der Waals surface area contributed by atoms with Crippen molar-refractivity contribution in [3.8, 4) is 0 Å². The van der Waals surface area contributed by atoms with Crippen LogP contribution in [0.4, 0.5) is 14.5 Å². The largest absolute Gasteiger partial charge is 0.391 e. The molecule has 0 spiro atoms. The van der Waals surface area contributed by atoms with Crippen molar-refractivity contribution in [3.63, 3.8) is 0 Å². The molecule has 11 heteroatoms. The molecule has 4 atom stereocenters. The van der Waals surface area contributed by atoms with Crippen LogP contribution < -0.4 is 5.32 Å². The van der Waals surface area contributed by atoms with E-state index in [0.717, 1.165) is 18.2 Å². The first-order chi connectivity index (χ1) is 16.3. The fraction of sp³-hybridized carbons (Fsp3) is 0.458. The molecule has 2 aromatic carbocycles. The van der Waals surface area contributed by atoms with Crippen LogP contribution in [0.3, 0.4) is 0 Å². The highest BCUT2D eigenvalue weighted by molar-refractivity contribution is 7.92. The summed E-state index contributed by atoms with van der Waals surface area (Å²) in [5.41, 5.74) is -1.63. The summed E-state index contributed by atoms with van der Waals surface area (Å²) in [7, 11) is -4.03. The monoisotopic (exact) mass is 529 g/mol. The second kappa shape index (κ2) is 9.08. The first kappa shape index (κ1) is 26.0. The Bertz CT molecular complexity index is 1260. The molecule has 0 heterocycles. The molecule has 3 saturated carbocycles. The second-order valence-electron chi connectivity index (χ2n) is 9.51. The summed E-state index contributed by atoms with van der Waals surface area (Å²) in [5, 5.41) is 32.6. The number of nitrogens with one attached hydrogen (secondary N) is 1. The Labute approximate surface area is 206 Å². The van der Waals surface area contributed by atoms with Gasteiger partial charge in [0, 0.05) is 17.3 Å². The van der Waals surface area contributed by atoms with Crippen molar-refractivity contribution in [2.24, 2.45) is 17.8 Å². The summed E-state index contributed by atoms with van der Waals surface area (Å²) in [4.78, 5) is 12.4. The summed E-state index contributed by atoms with van der Waals surface area (Å²) in [6.45, 7) is 3.24. The molecule has 0 aliphatic heterocycles. The van der Waals surface area contributed by atoms with Gasteiger partial charge in [-0.25, -0.2) is 17.2 Å². The van der Waals surface area contributed by atoms with Gasteiger partial charge in [-0.15, -0.1) is 0 Å². The third kappa shape index (κ3) is 4.25. The zero-order valence-corrected chi connectivity index (χ0v) is 20.5. The molecule has 2 unspecified atom stereocenters. The van der Waals surface area contributed by atoms with Crippen LogP contribution in [0, 0.1) is 29.4 Å². The van der Waals surface area contributed by atoms with Gasteiger partial charge in [0.05, 0.1) is 26.9 Å². The van der Waals surface area contributed by atoms with Crippen molar-refractivity contribution in [1.29, 1.82) is 0 Å². The molecule has 3 aliphatic carbocycles. The van der Waals surface area contributed by atoms with Gasteiger partial charge in [-0.3, -0.25) is 4.79 Å². The minimum atomic E-state index is -4.03. The van der Waals surface area contributed by atoms with Gasteiger partial charge >= 0.3 is 0 Å². The lowest BCUT2D eigenvalue weighted by Crippen LogP contribution is -2.73. The summed E-state index contributed by atoms with van der Waals surface area (Å²) < 4.78 is 53.6. The Kier molecular flexibility index (Phi) is 6.74. The van der Waals surface area contributed by atoms with Crippen LogP contribution in [-0.4, -0.2) is 52.7 Å². The van der Waals surface area contributed by atoms with Crippen molar-refractivity contribution in [3.05, 3.63) is 58.6 Å². The molecule has 5 rings (SSSR count). The SMILES string of the molecule is C[C@H](O)[C@H](O)[C@]1(O)C2C[C@H](S(=O)(=O)c3cc(C(=O)Nc4ccc(F)c(F)c4)ccc3Cl)CC1[C@@H]2C. The number of aliphatic hydroxyl groups excluding tert-OH is 2. The van der Waals surface area contributed by atoms with Crippen molar-refractivity contribution < 1.29 is 37.3 Å². The van der Waals surface area contributed by atoms with Crippen molar-refractivity contribution in [2.75, 3.05) is 5.32 Å². The number of sulfone groups is 1. The van der Waals surface area contributed by atoms with E-state index in [4.69, 9.17) is 11.6 Å². The second-order valence-corrected chi connectivity index (χ2v) is 12.1. The average molecular weight is 530 g/mol. The van der Waals surface area contributed by atoms with E-state index in [2.05, 4.69) is 5.32 Å². The Morgan fingerprint density at radius 2 is 1.74 bits per heavy atom. The molecule has 2 bridgehead atoms. The van der Waals surface area contributed by atoms with Crippen LogP contribution in [-0.2, 0) is 9.84 Å². The van der Waals surface area contributed by atoms with Gasteiger partial charge in [0.1, 0.15) is 6.10 Å². The summed E-state index contributed by atoms with van der Waals surface area (Å²) in [6.07, 6.45) is -2.46. The Morgan fingerprint density at radius 1 is 1.11 bits per heavy atom. The molecule has 190 valence electrons. The number of carbonyl (C=O) groups is 1. The fourth-order valence-corrected chi connectivity index (χ4v) is 8.00. The maximum Gasteiger partial charge on any atom is 0.255 e. The molecular formula is C24H26ClF2NO6S. The van der Waals surface area contributed by atoms with Gasteiger partial charge in [-0.05, 0) is 67.9 Å². The first-order valence-corrected chi connectivity index (χ1v) is 13.1. The lowest BCUT2D eigenvalue weighted by atomic mass is 9.46. The normalized spacial score (nSPS) is 29.7. The number of anilines is 1. The third-order valence-corrected chi connectivity index (χ3v) is 10.2. The minimum Gasteiger partial charge on any atom is -0.391 e. The van der Waals surface area contributed by atoms with Gasteiger partial charge in [0.15, 0.2) is 21.5 Å². The number of fused-ring (bicyclic) bond motifs is 2. The van der Waals surface area contributed by atoms with E-state index in [1.165, 1.54) is 25.1 Å². The molecule has 4 N–H and O–H groups in total. The lowest BCUT2D eigenvalue weighted by molar-refractivity contribution is -0.277. The van der Waals surface area contributed by atoms with Crippen molar-refractivity contribution >= 4 is 33.0 Å². The zero-order chi connectivity index (χ0) is 25.9. The molecule has 2 aromatic rings. The van der Waals surface area contributed by atoms with Crippen LogP contribution >= 0.6 is 11.6 Å². The van der Waals surface area contributed by atoms with Crippen LogP contribution in [0.25, 0.3) is 0 Å². The number of halogens is 3. The van der Waals surface area contributed by atoms with Gasteiger partial charge in [-0.2, -0.15) is 0 Å². The highest BCUT2D eigenvalue weighted by Crippen LogP contribution is 2.60. The molecule has 0 aromatic heterocycles. The van der Waals surface area contributed by atoms with E-state index in [0.29, 0.717) is 0 Å². The Hall–Kier alpha value is -2.11. The highest BCUT2D eigenvalue weighted by atomic mass is 35.5. The summed E-state index contributed by atoms with van der Waals surface area (Å²) >= 11 is 6.20. The van der Waals surface area contributed by atoms with E-state index in [-0.39, 0.29) is 39.9 Å². The van der Waals surface area contributed by atoms with Crippen molar-refractivity contribution in [2.45, 2.75) is 54.6 Å². The molecule has 0 radical (unpaired) electrons. The van der Waals surface area contributed by atoms with E-state index in [1.54, 1.807) is 0 Å². The van der Waals surface area contributed by atoms with E-state index in [1.807, 2.05) is 6.92 Å². The van der Waals surface area contributed by atoms with Crippen LogP contribution in [0.1, 0.15) is 37.0 Å². The topological polar surface area (TPSA) is 124 Å². The maximum atomic E-state index is 13.5. The van der Waals surface area contributed by atoms with Gasteiger partial charge in [-0.1, -0.05) is 18.5 Å². The third-order valence-electron chi connectivity index (χ3n) is 7.54. The van der Waals surface area contributed by atoms with Gasteiger partial charge in [0.25, 0.3) is 5.91 Å². The number of rotatable bonds is 6. The standard InChI is InChI=1S/C24H26ClF2NO6S/c1-11-16-9-15(10-17(11)24(16,32)22(30)12(2)29)35(33,34)21-7-13(3-5-18(21)25)23(31)28-14-4-6-19(26)20(27)8-14/h3-8,11-12,15-17,22,29-30,32H,9-10H2,1-2H3,(H,28,31)/t11-,12-,15+,16?,17?,22-,24+/m0/s1. The Balaban J connectivity index is 1.58. The molecule has 1 amide bonds. The van der Waals surface area contributed by atoms with Gasteiger partial charge in [0.2, 0.25) is 0 Å².